The van der Waals surface area contributed by atoms with E-state index >= 15 is 0 Å². The first-order valence-electron chi connectivity index (χ1n) is 9.59. The number of ether oxygens (including phenoxy) is 1. The Hall–Kier alpha value is -1.72. The second-order valence-corrected chi connectivity index (χ2v) is 7.92. The quantitative estimate of drug-likeness (QED) is 0.291. The van der Waals surface area contributed by atoms with Crippen LogP contribution in [0.5, 0.6) is 0 Å². The van der Waals surface area contributed by atoms with Gasteiger partial charge in [-0.1, -0.05) is 12.1 Å². The highest BCUT2D eigenvalue weighted by Crippen LogP contribution is 2.16. The maximum atomic E-state index is 12.2. The number of hydrogen-bond donors (Lipinski definition) is 3. The molecule has 7 nitrogen and oxygen atoms in total. The zero-order chi connectivity index (χ0) is 19.8. The first kappa shape index (κ1) is 23.6. The Morgan fingerprint density at radius 3 is 2.93 bits per heavy atom. The van der Waals surface area contributed by atoms with E-state index in [1.54, 1.807) is 11.3 Å². The number of nitrogens with one attached hydrogen (secondary N) is 3. The lowest BCUT2D eigenvalue weighted by molar-refractivity contribution is -0.124. The van der Waals surface area contributed by atoms with Crippen molar-refractivity contribution in [3.8, 4) is 0 Å². The number of hydrogen-bond acceptors (Lipinski definition) is 5. The Kier molecular flexibility index (Phi) is 9.82. The summed E-state index contributed by atoms with van der Waals surface area (Å²) >= 11 is 1.67. The smallest absolute Gasteiger partial charge is 0.253 e. The Morgan fingerprint density at radius 2 is 2.24 bits per heavy atom. The molecule has 1 aromatic heterocycles. The Morgan fingerprint density at radius 1 is 1.38 bits per heavy atom. The normalized spacial score (nSPS) is 16.2. The number of carbonyl (C=O) groups is 1. The van der Waals surface area contributed by atoms with Crippen LogP contribution < -0.4 is 16.0 Å². The fraction of sp³-hybridized carbons (Fsp3) is 0.450. The highest BCUT2D eigenvalue weighted by molar-refractivity contribution is 14.0. The van der Waals surface area contributed by atoms with Crippen LogP contribution in [0.4, 0.5) is 5.69 Å². The molecule has 158 valence electrons. The average Bonchev–Trinajstić information content (AvgIpc) is 3.36. The third-order valence-corrected chi connectivity index (χ3v) is 5.17. The molecular formula is C20H28IN5O2S. The number of thiazole rings is 1. The summed E-state index contributed by atoms with van der Waals surface area (Å²) < 4.78 is 5.43. The van der Waals surface area contributed by atoms with Gasteiger partial charge in [0.2, 0.25) is 0 Å². The second kappa shape index (κ2) is 12.1. The molecule has 29 heavy (non-hydrogen) atoms. The van der Waals surface area contributed by atoms with Crippen LogP contribution in [0.3, 0.4) is 0 Å². The summed E-state index contributed by atoms with van der Waals surface area (Å²) in [5.74, 6) is 0.663. The Labute approximate surface area is 192 Å². The van der Waals surface area contributed by atoms with Crippen LogP contribution in [0.25, 0.3) is 0 Å². The predicted molar refractivity (Wildman–Crippen MR) is 128 cm³/mol. The largest absolute Gasteiger partial charge is 0.368 e. The summed E-state index contributed by atoms with van der Waals surface area (Å²) in [6.45, 7) is 6.67. The molecule has 0 radical (unpaired) electrons. The van der Waals surface area contributed by atoms with Crippen molar-refractivity contribution in [2.45, 2.75) is 45.9 Å². The number of carbonyl (C=O) groups excluding carboxylic acids is 1. The molecule has 2 aromatic rings. The van der Waals surface area contributed by atoms with Crippen LogP contribution in [0.2, 0.25) is 0 Å². The van der Waals surface area contributed by atoms with E-state index in [0.717, 1.165) is 41.6 Å². The number of amides is 1. The van der Waals surface area contributed by atoms with E-state index < -0.39 is 0 Å². The summed E-state index contributed by atoms with van der Waals surface area (Å²) in [6.07, 6.45) is 3.27. The first-order valence-corrected chi connectivity index (χ1v) is 10.4. The molecule has 1 aliphatic heterocycles. The van der Waals surface area contributed by atoms with Gasteiger partial charge in [0, 0.05) is 29.9 Å². The van der Waals surface area contributed by atoms with Crippen molar-refractivity contribution in [1.82, 2.24) is 15.6 Å². The van der Waals surface area contributed by atoms with E-state index in [1.807, 2.05) is 44.3 Å². The molecule has 1 fully saturated rings. The van der Waals surface area contributed by atoms with Crippen LogP contribution in [0.15, 0.2) is 35.5 Å². The van der Waals surface area contributed by atoms with Crippen LogP contribution >= 0.6 is 35.3 Å². The zero-order valence-electron chi connectivity index (χ0n) is 16.7. The lowest BCUT2D eigenvalue weighted by Crippen LogP contribution is -2.36. The molecular weight excluding hydrogens is 501 g/mol. The number of guanidine groups is 1. The molecule has 3 N–H and O–H groups in total. The van der Waals surface area contributed by atoms with Crippen LogP contribution in [0.1, 0.15) is 35.2 Å². The molecule has 1 aliphatic rings. The molecule has 1 saturated heterocycles. The highest BCUT2D eigenvalue weighted by atomic mass is 127. The topological polar surface area (TPSA) is 87.6 Å². The molecule has 1 unspecified atom stereocenters. The molecule has 0 saturated carbocycles. The van der Waals surface area contributed by atoms with Crippen LogP contribution in [0, 0.1) is 6.92 Å². The molecule has 9 heteroatoms. The van der Waals surface area contributed by atoms with Crippen molar-refractivity contribution in [1.29, 1.82) is 0 Å². The lowest BCUT2D eigenvalue weighted by Gasteiger charge is -2.12. The molecule has 1 amide bonds. The van der Waals surface area contributed by atoms with Gasteiger partial charge in [0.05, 0.1) is 13.1 Å². The van der Waals surface area contributed by atoms with Gasteiger partial charge in [-0.25, -0.2) is 9.98 Å². The molecule has 0 spiro atoms. The summed E-state index contributed by atoms with van der Waals surface area (Å²) in [5, 5.41) is 10.5. The fourth-order valence-electron chi connectivity index (χ4n) is 2.91. The molecule has 0 bridgehead atoms. The molecule has 2 heterocycles. The first-order chi connectivity index (χ1) is 13.6. The molecule has 1 aromatic carbocycles. The van der Waals surface area contributed by atoms with Crippen molar-refractivity contribution in [2.24, 2.45) is 4.99 Å². The van der Waals surface area contributed by atoms with Crippen LogP contribution in [-0.2, 0) is 22.6 Å². The summed E-state index contributed by atoms with van der Waals surface area (Å²) in [6, 6.07) is 7.76. The monoisotopic (exact) mass is 529 g/mol. The van der Waals surface area contributed by atoms with E-state index in [-0.39, 0.29) is 36.0 Å². The summed E-state index contributed by atoms with van der Waals surface area (Å²) in [4.78, 5) is 22.4. The Balaban J connectivity index is 0.00000300. The number of rotatable bonds is 7. The van der Waals surface area contributed by atoms with Crippen LogP contribution in [-0.4, -0.2) is 36.1 Å². The average molecular weight is 529 g/mol. The van der Waals surface area contributed by atoms with Gasteiger partial charge >= 0.3 is 0 Å². The van der Waals surface area contributed by atoms with Gasteiger partial charge in [-0.15, -0.1) is 35.3 Å². The van der Waals surface area contributed by atoms with Crippen molar-refractivity contribution in [2.75, 3.05) is 18.5 Å². The zero-order valence-corrected chi connectivity index (χ0v) is 19.9. The van der Waals surface area contributed by atoms with Gasteiger partial charge in [0.1, 0.15) is 11.1 Å². The van der Waals surface area contributed by atoms with Crippen molar-refractivity contribution in [3.63, 3.8) is 0 Å². The third kappa shape index (κ3) is 7.56. The van der Waals surface area contributed by atoms with Gasteiger partial charge in [-0.3, -0.25) is 4.79 Å². The molecule has 1 atom stereocenters. The third-order valence-electron chi connectivity index (χ3n) is 4.26. The molecule has 0 aliphatic carbocycles. The van der Waals surface area contributed by atoms with Gasteiger partial charge in [0.25, 0.3) is 5.91 Å². The van der Waals surface area contributed by atoms with E-state index in [1.165, 1.54) is 4.88 Å². The van der Waals surface area contributed by atoms with Gasteiger partial charge < -0.3 is 20.7 Å². The number of nitrogens with zero attached hydrogens (tertiary/aromatic N) is 2. The summed E-state index contributed by atoms with van der Waals surface area (Å²) in [5.41, 5.74) is 1.79. The SMILES string of the molecule is CCNC(=NCc1cccc(NC(=O)C2CCCO2)c1)NCc1ncc(C)s1.I. The van der Waals surface area contributed by atoms with E-state index in [2.05, 4.69) is 25.9 Å². The van der Waals surface area contributed by atoms with E-state index in [0.29, 0.717) is 19.7 Å². The van der Waals surface area contributed by atoms with Crippen molar-refractivity contribution < 1.29 is 9.53 Å². The predicted octanol–water partition coefficient (Wildman–Crippen LogP) is 3.44. The van der Waals surface area contributed by atoms with Gasteiger partial charge in [0.15, 0.2) is 5.96 Å². The number of aliphatic imine (C=N–C) groups is 1. The number of aryl methyl sites for hydroxylation is 1. The van der Waals surface area contributed by atoms with E-state index in [9.17, 15) is 4.79 Å². The van der Waals surface area contributed by atoms with Crippen molar-refractivity contribution >= 4 is 52.9 Å². The summed E-state index contributed by atoms with van der Waals surface area (Å²) in [7, 11) is 0. The number of halogens is 1. The maximum absolute atomic E-state index is 12.2. The van der Waals surface area contributed by atoms with Gasteiger partial charge in [-0.05, 0) is 44.4 Å². The number of benzene rings is 1. The second-order valence-electron chi connectivity index (χ2n) is 6.60. The Bertz CT molecular complexity index is 821. The lowest BCUT2D eigenvalue weighted by atomic mass is 10.2. The highest BCUT2D eigenvalue weighted by Gasteiger charge is 2.23. The number of anilines is 1. The van der Waals surface area contributed by atoms with Crippen molar-refractivity contribution in [3.05, 3.63) is 45.9 Å². The standard InChI is InChI=1S/C20H27N5O2S.HI/c1-3-21-20(24-13-18-22-11-14(2)28-18)23-12-15-6-4-7-16(10-15)25-19(26)17-8-5-9-27-17;/h4,6-7,10-11,17H,3,5,8-9,12-13H2,1-2H3,(H,25,26)(H2,21,23,24);1H. The van der Waals surface area contributed by atoms with E-state index in [4.69, 9.17) is 4.74 Å². The minimum Gasteiger partial charge on any atom is -0.368 e. The number of aromatic nitrogens is 1. The minimum atomic E-state index is -0.333. The fourth-order valence-corrected chi connectivity index (χ4v) is 3.64. The minimum absolute atomic E-state index is 0. The maximum Gasteiger partial charge on any atom is 0.253 e. The molecule has 3 rings (SSSR count). The van der Waals surface area contributed by atoms with Gasteiger partial charge in [-0.2, -0.15) is 0 Å².